The zero-order valence-corrected chi connectivity index (χ0v) is 14.4. The Kier molecular flexibility index (Phi) is 6.45. The van der Waals surface area contributed by atoms with Crippen molar-refractivity contribution >= 4 is 17.2 Å². The van der Waals surface area contributed by atoms with Gasteiger partial charge in [-0.25, -0.2) is 0 Å². The smallest absolute Gasteiger partial charge is 0.220 e. The Balaban J connectivity index is 1.48. The van der Waals surface area contributed by atoms with Crippen LogP contribution in [0.1, 0.15) is 36.6 Å². The van der Waals surface area contributed by atoms with Crippen LogP contribution in [0.5, 0.6) is 0 Å². The van der Waals surface area contributed by atoms with Gasteiger partial charge >= 0.3 is 0 Å². The first-order valence-corrected chi connectivity index (χ1v) is 9.44. The second kappa shape index (κ2) is 8.78. The van der Waals surface area contributed by atoms with Crippen LogP contribution in [0.4, 0.5) is 0 Å². The Labute approximate surface area is 142 Å². The average Bonchev–Trinajstić information content (AvgIpc) is 3.28. The van der Waals surface area contributed by atoms with Crippen LogP contribution in [0.3, 0.4) is 0 Å². The van der Waals surface area contributed by atoms with Crippen LogP contribution in [0, 0.1) is 0 Å². The van der Waals surface area contributed by atoms with Crippen LogP contribution >= 0.6 is 11.3 Å². The molecule has 0 aliphatic carbocycles. The number of carbonyl (C=O) groups is 1. The molecule has 2 aliphatic rings. The molecular weight excluding hydrogens is 312 g/mol. The summed E-state index contributed by atoms with van der Waals surface area (Å²) in [6.45, 7) is 4.92. The highest BCUT2D eigenvalue weighted by Crippen LogP contribution is 2.25. The Bertz CT molecular complexity index is 468. The molecule has 2 aliphatic heterocycles. The van der Waals surface area contributed by atoms with Gasteiger partial charge in [-0.1, -0.05) is 6.07 Å². The Morgan fingerprint density at radius 1 is 1.39 bits per heavy atom. The fraction of sp³-hybridized carbons (Fsp3) is 0.706. The third kappa shape index (κ3) is 5.01. The number of amides is 1. The lowest BCUT2D eigenvalue weighted by Gasteiger charge is -2.34. The summed E-state index contributed by atoms with van der Waals surface area (Å²) in [5.41, 5.74) is 0. The van der Waals surface area contributed by atoms with Gasteiger partial charge < -0.3 is 14.8 Å². The Morgan fingerprint density at radius 2 is 2.26 bits per heavy atom. The summed E-state index contributed by atoms with van der Waals surface area (Å²) >= 11 is 1.76. The van der Waals surface area contributed by atoms with Crippen molar-refractivity contribution < 1.29 is 14.3 Å². The maximum atomic E-state index is 12.2. The fourth-order valence-corrected chi connectivity index (χ4v) is 4.10. The lowest BCUT2D eigenvalue weighted by molar-refractivity contribution is -0.122. The molecule has 1 aromatic heterocycles. The maximum absolute atomic E-state index is 12.2. The summed E-state index contributed by atoms with van der Waals surface area (Å²) in [5, 5.41) is 5.22. The molecule has 0 saturated carbocycles. The number of hydrogen-bond acceptors (Lipinski definition) is 5. The van der Waals surface area contributed by atoms with Crippen molar-refractivity contribution in [2.75, 3.05) is 39.5 Å². The van der Waals surface area contributed by atoms with Gasteiger partial charge in [0.25, 0.3) is 0 Å². The highest BCUT2D eigenvalue weighted by molar-refractivity contribution is 7.10. The van der Waals surface area contributed by atoms with E-state index in [2.05, 4.69) is 27.7 Å². The molecule has 1 aromatic rings. The van der Waals surface area contributed by atoms with Gasteiger partial charge in [0.05, 0.1) is 25.4 Å². The summed E-state index contributed by atoms with van der Waals surface area (Å²) in [5.74, 6) is 0.135. The van der Waals surface area contributed by atoms with Gasteiger partial charge in [0, 0.05) is 37.5 Å². The van der Waals surface area contributed by atoms with Crippen molar-refractivity contribution in [2.24, 2.45) is 0 Å². The second-order valence-electron chi connectivity index (χ2n) is 6.16. The molecule has 0 aromatic carbocycles. The summed E-state index contributed by atoms with van der Waals surface area (Å²) in [4.78, 5) is 15.9. The summed E-state index contributed by atoms with van der Waals surface area (Å²) in [7, 11) is 0. The van der Waals surface area contributed by atoms with E-state index >= 15 is 0 Å². The number of hydrogen-bond donors (Lipinski definition) is 1. The van der Waals surface area contributed by atoms with Crippen molar-refractivity contribution in [3.63, 3.8) is 0 Å². The minimum atomic E-state index is 0.135. The molecule has 2 atom stereocenters. The van der Waals surface area contributed by atoms with E-state index in [1.807, 2.05) is 0 Å². The van der Waals surface area contributed by atoms with Crippen LogP contribution in [0.15, 0.2) is 17.5 Å². The van der Waals surface area contributed by atoms with E-state index in [4.69, 9.17) is 9.47 Å². The molecule has 3 rings (SSSR count). The highest BCUT2D eigenvalue weighted by atomic mass is 32.1. The molecule has 0 spiro atoms. The molecule has 1 amide bonds. The van der Waals surface area contributed by atoms with Crippen LogP contribution < -0.4 is 5.32 Å². The van der Waals surface area contributed by atoms with Gasteiger partial charge in [-0.15, -0.1) is 11.3 Å². The lowest BCUT2D eigenvalue weighted by atomic mass is 10.1. The van der Waals surface area contributed by atoms with Crippen molar-refractivity contribution in [2.45, 2.75) is 37.8 Å². The maximum Gasteiger partial charge on any atom is 0.220 e. The monoisotopic (exact) mass is 338 g/mol. The molecular formula is C17H26N2O3S. The van der Waals surface area contributed by atoms with E-state index in [1.165, 1.54) is 4.88 Å². The molecule has 5 nitrogen and oxygen atoms in total. The Morgan fingerprint density at radius 3 is 2.96 bits per heavy atom. The zero-order chi connectivity index (χ0) is 15.9. The average molecular weight is 338 g/mol. The molecule has 128 valence electrons. The normalized spacial score (nSPS) is 23.7. The highest BCUT2D eigenvalue weighted by Gasteiger charge is 2.24. The lowest BCUT2D eigenvalue weighted by Crippen LogP contribution is -2.43. The zero-order valence-electron chi connectivity index (χ0n) is 13.5. The SMILES string of the molecule is O=C(CC[C@@H]1CCCO1)NC[C@H](c1cccs1)N1CCOCC1. The Hall–Kier alpha value is -0.950. The number of morpholine rings is 1. The van der Waals surface area contributed by atoms with E-state index in [0.717, 1.165) is 52.2 Å². The van der Waals surface area contributed by atoms with Crippen LogP contribution in [0.25, 0.3) is 0 Å². The molecule has 0 bridgehead atoms. The first kappa shape index (κ1) is 16.9. The molecule has 23 heavy (non-hydrogen) atoms. The van der Waals surface area contributed by atoms with Crippen molar-refractivity contribution in [1.29, 1.82) is 0 Å². The molecule has 2 fully saturated rings. The summed E-state index contributed by atoms with van der Waals surface area (Å²) in [6.07, 6.45) is 3.91. The second-order valence-corrected chi connectivity index (χ2v) is 7.14. The van der Waals surface area contributed by atoms with Gasteiger partial charge in [0.15, 0.2) is 0 Å². The predicted octanol–water partition coefficient (Wildman–Crippen LogP) is 2.20. The van der Waals surface area contributed by atoms with Gasteiger partial charge in [-0.2, -0.15) is 0 Å². The van der Waals surface area contributed by atoms with Gasteiger partial charge in [-0.05, 0) is 30.7 Å². The minimum absolute atomic E-state index is 0.135. The third-order valence-electron chi connectivity index (χ3n) is 4.57. The quantitative estimate of drug-likeness (QED) is 0.828. The van der Waals surface area contributed by atoms with Gasteiger partial charge in [0.2, 0.25) is 5.91 Å². The molecule has 6 heteroatoms. The number of rotatable bonds is 7. The van der Waals surface area contributed by atoms with Crippen molar-refractivity contribution in [3.8, 4) is 0 Å². The van der Waals surface area contributed by atoms with E-state index in [1.54, 1.807) is 11.3 Å². The number of thiophene rings is 1. The molecule has 1 N–H and O–H groups in total. The third-order valence-corrected chi connectivity index (χ3v) is 5.54. The summed E-state index contributed by atoms with van der Waals surface area (Å²) in [6, 6.07) is 4.49. The van der Waals surface area contributed by atoms with Crippen LogP contribution in [0.2, 0.25) is 0 Å². The standard InChI is InChI=1S/C17H26N2O3S/c20-17(6-5-14-3-1-9-22-14)18-13-15(16-4-2-12-23-16)19-7-10-21-11-8-19/h2,4,12,14-15H,1,3,5-11,13H2,(H,18,20)/t14-,15+/m0/s1. The number of ether oxygens (including phenoxy) is 2. The van der Waals surface area contributed by atoms with Crippen molar-refractivity contribution in [3.05, 3.63) is 22.4 Å². The van der Waals surface area contributed by atoms with E-state index < -0.39 is 0 Å². The van der Waals surface area contributed by atoms with E-state index in [-0.39, 0.29) is 18.1 Å². The number of nitrogens with zero attached hydrogens (tertiary/aromatic N) is 1. The first-order valence-electron chi connectivity index (χ1n) is 8.56. The fourth-order valence-electron chi connectivity index (χ4n) is 3.24. The van der Waals surface area contributed by atoms with Crippen LogP contribution in [-0.4, -0.2) is 56.4 Å². The van der Waals surface area contributed by atoms with Gasteiger partial charge in [0.1, 0.15) is 0 Å². The topological polar surface area (TPSA) is 50.8 Å². The molecule has 2 saturated heterocycles. The molecule has 0 radical (unpaired) electrons. The largest absolute Gasteiger partial charge is 0.379 e. The van der Waals surface area contributed by atoms with E-state index in [9.17, 15) is 4.79 Å². The van der Waals surface area contributed by atoms with E-state index in [0.29, 0.717) is 13.0 Å². The predicted molar refractivity (Wildman–Crippen MR) is 90.7 cm³/mol. The van der Waals surface area contributed by atoms with Crippen LogP contribution in [-0.2, 0) is 14.3 Å². The van der Waals surface area contributed by atoms with Gasteiger partial charge in [-0.3, -0.25) is 9.69 Å². The van der Waals surface area contributed by atoms with Crippen molar-refractivity contribution in [1.82, 2.24) is 10.2 Å². The first-order chi connectivity index (χ1) is 11.3. The minimum Gasteiger partial charge on any atom is -0.379 e. The molecule has 3 heterocycles. The number of nitrogens with one attached hydrogen (secondary N) is 1. The molecule has 0 unspecified atom stereocenters. The summed E-state index contributed by atoms with van der Waals surface area (Å²) < 4.78 is 11.0. The number of carbonyl (C=O) groups excluding carboxylic acids is 1.